The van der Waals surface area contributed by atoms with Crippen LogP contribution < -0.4 is 10.1 Å². The molecule has 0 unspecified atom stereocenters. The first kappa shape index (κ1) is 22.3. The third-order valence-electron chi connectivity index (χ3n) is 5.17. The van der Waals surface area contributed by atoms with Crippen molar-refractivity contribution in [2.24, 2.45) is 0 Å². The van der Waals surface area contributed by atoms with Crippen LogP contribution >= 0.6 is 0 Å². The van der Waals surface area contributed by atoms with Gasteiger partial charge in [-0.25, -0.2) is 0 Å². The number of ether oxygens (including phenoxy) is 1. The van der Waals surface area contributed by atoms with Crippen LogP contribution in [0.25, 0.3) is 10.9 Å². The van der Waals surface area contributed by atoms with Crippen molar-refractivity contribution in [2.75, 3.05) is 12.4 Å². The lowest BCUT2D eigenvalue weighted by atomic mass is 9.96. The summed E-state index contributed by atoms with van der Waals surface area (Å²) in [4.78, 5) is 16.5. The number of rotatable bonds is 4. The van der Waals surface area contributed by atoms with E-state index in [0.29, 0.717) is 28.6 Å². The first-order valence-electron chi connectivity index (χ1n) is 10.8. The molecule has 0 bridgehead atoms. The summed E-state index contributed by atoms with van der Waals surface area (Å²) < 4.78 is 7.51. The maximum absolute atomic E-state index is 12.6. The largest absolute Gasteiger partial charge is 0.494 e. The van der Waals surface area contributed by atoms with E-state index in [-0.39, 0.29) is 5.91 Å². The molecular formula is C24H29N5O2. The summed E-state index contributed by atoms with van der Waals surface area (Å²) in [6.45, 7) is 4.25. The SMILES string of the molecule is CCC.COc1cc2nn(C3CCCCC3)cc2cc1NC(=O)c1cncc(C#N)c1. The second kappa shape index (κ2) is 10.6. The number of benzene rings is 1. The molecule has 0 atom stereocenters. The molecule has 1 aliphatic rings. The number of hydrogen-bond donors (Lipinski definition) is 1. The molecule has 0 saturated heterocycles. The Labute approximate surface area is 183 Å². The molecule has 0 aliphatic heterocycles. The topological polar surface area (TPSA) is 92.8 Å². The normalized spacial score (nSPS) is 13.7. The Kier molecular flexibility index (Phi) is 7.60. The van der Waals surface area contributed by atoms with Crippen LogP contribution in [0.2, 0.25) is 0 Å². The molecule has 1 N–H and O–H groups in total. The van der Waals surface area contributed by atoms with E-state index in [1.807, 2.05) is 24.4 Å². The van der Waals surface area contributed by atoms with Gasteiger partial charge in [-0.05, 0) is 25.0 Å². The Hall–Kier alpha value is -3.40. The number of hydrogen-bond acceptors (Lipinski definition) is 5. The molecule has 31 heavy (non-hydrogen) atoms. The summed E-state index contributed by atoms with van der Waals surface area (Å²) in [6.07, 6.45) is 12.2. The summed E-state index contributed by atoms with van der Waals surface area (Å²) >= 11 is 0. The van der Waals surface area contributed by atoms with Crippen molar-refractivity contribution >= 4 is 22.5 Å². The summed E-state index contributed by atoms with van der Waals surface area (Å²) in [5, 5.41) is 17.5. The fourth-order valence-electron chi connectivity index (χ4n) is 3.69. The van der Waals surface area contributed by atoms with E-state index in [9.17, 15) is 4.79 Å². The molecule has 0 spiro atoms. The van der Waals surface area contributed by atoms with E-state index < -0.39 is 0 Å². The van der Waals surface area contributed by atoms with E-state index >= 15 is 0 Å². The second-order valence-corrected chi connectivity index (χ2v) is 7.75. The van der Waals surface area contributed by atoms with Gasteiger partial charge in [0, 0.05) is 30.0 Å². The summed E-state index contributed by atoms with van der Waals surface area (Å²) in [6, 6.07) is 7.65. The number of pyridine rings is 1. The van der Waals surface area contributed by atoms with Gasteiger partial charge in [0.1, 0.15) is 11.8 Å². The Bertz CT molecular complexity index is 1080. The monoisotopic (exact) mass is 419 g/mol. The second-order valence-electron chi connectivity index (χ2n) is 7.75. The molecule has 4 rings (SSSR count). The predicted octanol–water partition coefficient (Wildman–Crippen LogP) is 5.49. The van der Waals surface area contributed by atoms with Crippen molar-refractivity contribution in [2.45, 2.75) is 58.4 Å². The lowest BCUT2D eigenvalue weighted by molar-refractivity contribution is 0.102. The first-order valence-corrected chi connectivity index (χ1v) is 10.8. The fraction of sp³-hybridized carbons (Fsp3) is 0.417. The van der Waals surface area contributed by atoms with Gasteiger partial charge in [-0.1, -0.05) is 39.5 Å². The quantitative estimate of drug-likeness (QED) is 0.604. The van der Waals surface area contributed by atoms with Crippen LogP contribution in [0.15, 0.2) is 36.8 Å². The lowest BCUT2D eigenvalue weighted by Crippen LogP contribution is -2.13. The van der Waals surface area contributed by atoms with Gasteiger partial charge in [0.2, 0.25) is 0 Å². The third-order valence-corrected chi connectivity index (χ3v) is 5.17. The van der Waals surface area contributed by atoms with Crippen LogP contribution in [0.4, 0.5) is 5.69 Å². The number of methoxy groups -OCH3 is 1. The van der Waals surface area contributed by atoms with Gasteiger partial charge in [-0.15, -0.1) is 0 Å². The summed E-state index contributed by atoms with van der Waals surface area (Å²) in [5.74, 6) is 0.195. The highest BCUT2D eigenvalue weighted by Gasteiger charge is 2.18. The molecule has 2 aromatic heterocycles. The smallest absolute Gasteiger partial charge is 0.257 e. The van der Waals surface area contributed by atoms with E-state index in [4.69, 9.17) is 15.1 Å². The molecule has 162 valence electrons. The Morgan fingerprint density at radius 3 is 2.65 bits per heavy atom. The van der Waals surface area contributed by atoms with Gasteiger partial charge in [-0.2, -0.15) is 10.4 Å². The van der Waals surface area contributed by atoms with Gasteiger partial charge in [0.15, 0.2) is 0 Å². The zero-order valence-electron chi connectivity index (χ0n) is 18.4. The Morgan fingerprint density at radius 1 is 1.23 bits per heavy atom. The summed E-state index contributed by atoms with van der Waals surface area (Å²) in [7, 11) is 1.56. The van der Waals surface area contributed by atoms with E-state index in [1.54, 1.807) is 7.11 Å². The molecule has 3 aromatic rings. The highest BCUT2D eigenvalue weighted by molar-refractivity contribution is 6.06. The molecule has 1 aliphatic carbocycles. The number of carbonyl (C=O) groups is 1. The highest BCUT2D eigenvalue weighted by atomic mass is 16.5. The molecule has 1 amide bonds. The zero-order valence-corrected chi connectivity index (χ0v) is 18.4. The van der Waals surface area contributed by atoms with Gasteiger partial charge >= 0.3 is 0 Å². The van der Waals surface area contributed by atoms with Gasteiger partial charge < -0.3 is 10.1 Å². The minimum atomic E-state index is -0.345. The molecule has 7 heteroatoms. The molecule has 2 heterocycles. The number of aromatic nitrogens is 3. The minimum absolute atomic E-state index is 0.319. The highest BCUT2D eigenvalue weighted by Crippen LogP contribution is 2.33. The number of anilines is 1. The molecule has 7 nitrogen and oxygen atoms in total. The number of fused-ring (bicyclic) bond motifs is 1. The lowest BCUT2D eigenvalue weighted by Gasteiger charge is -2.21. The van der Waals surface area contributed by atoms with Gasteiger partial charge in [0.05, 0.1) is 35.5 Å². The maximum atomic E-state index is 12.6. The molecule has 1 aromatic carbocycles. The predicted molar refractivity (Wildman–Crippen MR) is 121 cm³/mol. The van der Waals surface area contributed by atoms with Crippen molar-refractivity contribution in [3.05, 3.63) is 47.9 Å². The van der Waals surface area contributed by atoms with Crippen LogP contribution in [-0.4, -0.2) is 27.8 Å². The number of nitrogens with one attached hydrogen (secondary N) is 1. The van der Waals surface area contributed by atoms with Crippen LogP contribution in [0, 0.1) is 11.3 Å². The number of carbonyl (C=O) groups excluding carboxylic acids is 1. The van der Waals surface area contributed by atoms with Gasteiger partial charge in [0.25, 0.3) is 5.91 Å². The molecular weight excluding hydrogens is 390 g/mol. The Morgan fingerprint density at radius 2 is 1.97 bits per heavy atom. The van der Waals surface area contributed by atoms with Crippen molar-refractivity contribution in [1.29, 1.82) is 5.26 Å². The van der Waals surface area contributed by atoms with Crippen LogP contribution in [-0.2, 0) is 0 Å². The zero-order chi connectivity index (χ0) is 22.2. The van der Waals surface area contributed by atoms with Crippen molar-refractivity contribution < 1.29 is 9.53 Å². The molecule has 1 saturated carbocycles. The number of nitriles is 1. The average molecular weight is 420 g/mol. The van der Waals surface area contributed by atoms with Crippen molar-refractivity contribution in [3.63, 3.8) is 0 Å². The first-order chi connectivity index (χ1) is 15.1. The summed E-state index contributed by atoms with van der Waals surface area (Å²) in [5.41, 5.74) is 2.06. The van der Waals surface area contributed by atoms with Crippen LogP contribution in [0.5, 0.6) is 5.75 Å². The van der Waals surface area contributed by atoms with E-state index in [2.05, 4.69) is 28.8 Å². The molecule has 0 radical (unpaired) electrons. The van der Waals surface area contributed by atoms with E-state index in [0.717, 1.165) is 23.7 Å². The average Bonchev–Trinajstić information content (AvgIpc) is 3.22. The van der Waals surface area contributed by atoms with Crippen LogP contribution in [0.3, 0.4) is 0 Å². The number of nitrogens with zero attached hydrogens (tertiary/aromatic N) is 4. The van der Waals surface area contributed by atoms with Crippen molar-refractivity contribution in [3.8, 4) is 11.8 Å². The standard InChI is InChI=1S/C21H21N5O2.C3H8/c1-28-20-9-18-16(13-26(25-18)17-5-3-2-4-6-17)8-19(20)24-21(27)15-7-14(10-22)11-23-12-15;1-3-2/h7-9,11-13,17H,2-6H2,1H3,(H,24,27);3H2,1-2H3. The maximum Gasteiger partial charge on any atom is 0.257 e. The molecule has 1 fully saturated rings. The fourth-order valence-corrected chi connectivity index (χ4v) is 3.69. The Balaban J connectivity index is 0.000000858. The van der Waals surface area contributed by atoms with Crippen LogP contribution in [0.1, 0.15) is 74.3 Å². The third kappa shape index (κ3) is 5.40. The van der Waals surface area contributed by atoms with Gasteiger partial charge in [-0.3, -0.25) is 14.5 Å². The minimum Gasteiger partial charge on any atom is -0.494 e. The number of amides is 1. The van der Waals surface area contributed by atoms with Crippen molar-refractivity contribution in [1.82, 2.24) is 14.8 Å². The van der Waals surface area contributed by atoms with E-state index in [1.165, 1.54) is 44.1 Å².